The quantitative estimate of drug-likeness (QED) is 0.801. The summed E-state index contributed by atoms with van der Waals surface area (Å²) in [6.45, 7) is 6.64. The van der Waals surface area contributed by atoms with Crippen molar-refractivity contribution in [3.05, 3.63) is 18.1 Å². The van der Waals surface area contributed by atoms with Crippen molar-refractivity contribution >= 4 is 5.82 Å². The molecule has 0 bridgehead atoms. The van der Waals surface area contributed by atoms with Gasteiger partial charge < -0.3 is 10.2 Å². The minimum absolute atomic E-state index is 0.276. The number of rotatable bonds is 8. The van der Waals surface area contributed by atoms with Crippen LogP contribution in [0.5, 0.6) is 0 Å². The van der Waals surface area contributed by atoms with Gasteiger partial charge in [0.15, 0.2) is 0 Å². The number of nitrogens with zero attached hydrogens (tertiary/aromatic N) is 3. The molecule has 0 aliphatic carbocycles. The molecule has 0 unspecified atom stereocenters. The van der Waals surface area contributed by atoms with Gasteiger partial charge in [0.1, 0.15) is 12.4 Å². The lowest BCUT2D eigenvalue weighted by atomic mass is 10.2. The Balaban J connectivity index is 2.74. The van der Waals surface area contributed by atoms with E-state index < -0.39 is 12.7 Å². The van der Waals surface area contributed by atoms with Crippen LogP contribution in [0.25, 0.3) is 0 Å². The Kier molecular flexibility index (Phi) is 6.87. The van der Waals surface area contributed by atoms with Gasteiger partial charge in [-0.3, -0.25) is 4.98 Å². The van der Waals surface area contributed by atoms with Crippen molar-refractivity contribution in [2.45, 2.75) is 39.9 Å². The highest BCUT2D eigenvalue weighted by molar-refractivity contribution is 5.36. The maximum absolute atomic E-state index is 12.6. The Morgan fingerprint density at radius 2 is 2.00 bits per heavy atom. The third kappa shape index (κ3) is 7.27. The number of hydrogen-bond acceptors (Lipinski definition) is 4. The van der Waals surface area contributed by atoms with E-state index in [1.54, 1.807) is 6.20 Å². The Bertz CT molecular complexity index is 421. The SMILES string of the molecule is CCCN(CC(F)(F)F)c1cncc(CNCC(C)C)n1. The predicted octanol–water partition coefficient (Wildman–Crippen LogP) is 3.00. The number of nitrogens with one attached hydrogen (secondary N) is 1. The van der Waals surface area contributed by atoms with Gasteiger partial charge in [-0.25, -0.2) is 4.98 Å². The van der Waals surface area contributed by atoms with Gasteiger partial charge in [0.2, 0.25) is 0 Å². The summed E-state index contributed by atoms with van der Waals surface area (Å²) in [5.41, 5.74) is 0.649. The second-order valence-corrected chi connectivity index (χ2v) is 5.43. The molecule has 21 heavy (non-hydrogen) atoms. The van der Waals surface area contributed by atoms with Crippen LogP contribution < -0.4 is 10.2 Å². The molecular weight excluding hydrogens is 281 g/mol. The van der Waals surface area contributed by atoms with Gasteiger partial charge in [0.05, 0.1) is 11.9 Å². The Hall–Kier alpha value is -1.37. The van der Waals surface area contributed by atoms with Crippen LogP contribution >= 0.6 is 0 Å². The van der Waals surface area contributed by atoms with E-state index in [0.717, 1.165) is 6.54 Å². The van der Waals surface area contributed by atoms with E-state index in [1.807, 2.05) is 6.92 Å². The normalized spacial score (nSPS) is 12.0. The first-order valence-corrected chi connectivity index (χ1v) is 7.15. The van der Waals surface area contributed by atoms with Crippen molar-refractivity contribution in [1.82, 2.24) is 15.3 Å². The Morgan fingerprint density at radius 3 is 2.57 bits per heavy atom. The summed E-state index contributed by atoms with van der Waals surface area (Å²) in [6, 6.07) is 0. The average molecular weight is 304 g/mol. The third-order valence-electron chi connectivity index (χ3n) is 2.72. The Labute approximate surface area is 123 Å². The van der Waals surface area contributed by atoms with Gasteiger partial charge in [-0.1, -0.05) is 20.8 Å². The summed E-state index contributed by atoms with van der Waals surface area (Å²) in [7, 11) is 0. The van der Waals surface area contributed by atoms with E-state index in [0.29, 0.717) is 31.1 Å². The van der Waals surface area contributed by atoms with Gasteiger partial charge >= 0.3 is 6.18 Å². The van der Waals surface area contributed by atoms with Crippen LogP contribution in [-0.2, 0) is 6.54 Å². The second kappa shape index (κ2) is 8.17. The van der Waals surface area contributed by atoms with Gasteiger partial charge in [0.25, 0.3) is 0 Å². The maximum Gasteiger partial charge on any atom is 0.405 e. The molecule has 1 N–H and O–H groups in total. The van der Waals surface area contributed by atoms with Crippen LogP contribution in [-0.4, -0.2) is 35.8 Å². The summed E-state index contributed by atoms with van der Waals surface area (Å²) in [6.07, 6.45) is -0.668. The van der Waals surface area contributed by atoms with E-state index in [2.05, 4.69) is 29.1 Å². The number of halogens is 3. The highest BCUT2D eigenvalue weighted by Gasteiger charge is 2.31. The van der Waals surface area contributed by atoms with Crippen LogP contribution in [0.3, 0.4) is 0 Å². The van der Waals surface area contributed by atoms with Crippen molar-refractivity contribution in [3.63, 3.8) is 0 Å². The molecular formula is C14H23F3N4. The van der Waals surface area contributed by atoms with Crippen molar-refractivity contribution in [2.24, 2.45) is 5.92 Å². The molecule has 0 atom stereocenters. The highest BCUT2D eigenvalue weighted by atomic mass is 19.4. The maximum atomic E-state index is 12.6. The molecule has 1 heterocycles. The third-order valence-corrected chi connectivity index (χ3v) is 2.72. The summed E-state index contributed by atoms with van der Waals surface area (Å²) < 4.78 is 37.8. The van der Waals surface area contributed by atoms with Crippen molar-refractivity contribution in [1.29, 1.82) is 0 Å². The highest BCUT2D eigenvalue weighted by Crippen LogP contribution is 2.20. The lowest BCUT2D eigenvalue weighted by Crippen LogP contribution is -2.35. The van der Waals surface area contributed by atoms with E-state index in [9.17, 15) is 13.2 Å². The van der Waals surface area contributed by atoms with Gasteiger partial charge in [-0.05, 0) is 18.9 Å². The molecule has 120 valence electrons. The zero-order chi connectivity index (χ0) is 15.9. The molecule has 0 spiro atoms. The smallest absolute Gasteiger partial charge is 0.346 e. The fourth-order valence-corrected chi connectivity index (χ4v) is 1.88. The van der Waals surface area contributed by atoms with Crippen LogP contribution in [0, 0.1) is 5.92 Å². The van der Waals surface area contributed by atoms with Crippen molar-refractivity contribution < 1.29 is 13.2 Å². The van der Waals surface area contributed by atoms with Crippen molar-refractivity contribution in [3.8, 4) is 0 Å². The molecule has 0 amide bonds. The molecule has 0 aliphatic rings. The van der Waals surface area contributed by atoms with Gasteiger partial charge in [-0.15, -0.1) is 0 Å². The first kappa shape index (κ1) is 17.7. The standard InChI is InChI=1S/C14H23F3N4/c1-4-5-21(10-14(15,16)17)13-9-19-8-12(20-13)7-18-6-11(2)3/h8-9,11,18H,4-7,10H2,1-3H3. The van der Waals surface area contributed by atoms with Gasteiger partial charge in [0, 0.05) is 19.3 Å². The molecule has 1 aromatic heterocycles. The first-order chi connectivity index (χ1) is 9.81. The summed E-state index contributed by atoms with van der Waals surface area (Å²) in [5.74, 6) is 0.779. The molecule has 7 heteroatoms. The van der Waals surface area contributed by atoms with Crippen LogP contribution in [0.4, 0.5) is 19.0 Å². The first-order valence-electron chi connectivity index (χ1n) is 7.15. The molecule has 1 aromatic rings. The molecule has 0 aliphatic heterocycles. The number of aromatic nitrogens is 2. The van der Waals surface area contributed by atoms with Gasteiger partial charge in [-0.2, -0.15) is 13.2 Å². The molecule has 4 nitrogen and oxygen atoms in total. The summed E-state index contributed by atoms with van der Waals surface area (Å²) in [4.78, 5) is 9.50. The van der Waals surface area contributed by atoms with Crippen LogP contribution in [0.15, 0.2) is 12.4 Å². The van der Waals surface area contributed by atoms with Crippen molar-refractivity contribution in [2.75, 3.05) is 24.5 Å². The summed E-state index contributed by atoms with van der Waals surface area (Å²) in [5, 5.41) is 3.20. The fraction of sp³-hybridized carbons (Fsp3) is 0.714. The zero-order valence-electron chi connectivity index (χ0n) is 12.7. The molecule has 0 aromatic carbocycles. The topological polar surface area (TPSA) is 41.1 Å². The van der Waals surface area contributed by atoms with E-state index in [1.165, 1.54) is 11.1 Å². The zero-order valence-corrected chi connectivity index (χ0v) is 12.7. The lowest BCUT2D eigenvalue weighted by Gasteiger charge is -2.24. The van der Waals surface area contributed by atoms with Crippen LogP contribution in [0.2, 0.25) is 0 Å². The molecule has 0 saturated heterocycles. The van der Waals surface area contributed by atoms with Crippen LogP contribution in [0.1, 0.15) is 32.9 Å². The Morgan fingerprint density at radius 1 is 1.29 bits per heavy atom. The largest absolute Gasteiger partial charge is 0.405 e. The lowest BCUT2D eigenvalue weighted by molar-refractivity contribution is -0.119. The van der Waals surface area contributed by atoms with E-state index in [-0.39, 0.29) is 5.82 Å². The second-order valence-electron chi connectivity index (χ2n) is 5.43. The van der Waals surface area contributed by atoms with E-state index in [4.69, 9.17) is 0 Å². The minimum atomic E-state index is -4.25. The minimum Gasteiger partial charge on any atom is -0.346 e. The number of anilines is 1. The molecule has 0 saturated carbocycles. The number of alkyl halides is 3. The molecule has 0 radical (unpaired) electrons. The monoisotopic (exact) mass is 304 g/mol. The average Bonchev–Trinajstić information content (AvgIpc) is 2.37. The predicted molar refractivity (Wildman–Crippen MR) is 77.1 cm³/mol. The molecule has 0 fully saturated rings. The number of hydrogen-bond donors (Lipinski definition) is 1. The summed E-state index contributed by atoms with van der Waals surface area (Å²) >= 11 is 0. The van der Waals surface area contributed by atoms with E-state index >= 15 is 0 Å². The fourth-order valence-electron chi connectivity index (χ4n) is 1.88. The molecule has 1 rings (SSSR count).